The predicted octanol–water partition coefficient (Wildman–Crippen LogP) is 2.15. The molecular weight excluding hydrogens is 286 g/mol. The third-order valence-corrected chi connectivity index (χ3v) is 3.84. The molecule has 0 N–H and O–H groups in total. The lowest BCUT2D eigenvalue weighted by molar-refractivity contribution is -0.150. The number of hydrogen-bond acceptors (Lipinski definition) is 6. The number of nitrogens with zero attached hydrogens (tertiary/aromatic N) is 1. The van der Waals surface area contributed by atoms with Crippen molar-refractivity contribution < 1.29 is 23.5 Å². The van der Waals surface area contributed by atoms with Crippen molar-refractivity contribution in [3.8, 4) is 0 Å². The second kappa shape index (κ2) is 7.45. The van der Waals surface area contributed by atoms with E-state index in [1.54, 1.807) is 0 Å². The van der Waals surface area contributed by atoms with Gasteiger partial charge in [0.2, 0.25) is 5.76 Å². The third-order valence-electron chi connectivity index (χ3n) is 3.84. The van der Waals surface area contributed by atoms with E-state index in [2.05, 4.69) is 9.64 Å². The molecule has 0 spiro atoms. The van der Waals surface area contributed by atoms with Gasteiger partial charge in [0, 0.05) is 12.1 Å². The average Bonchev–Trinajstić information content (AvgIpc) is 2.87. The minimum atomic E-state index is -0.466. The van der Waals surface area contributed by atoms with Crippen LogP contribution >= 0.6 is 0 Å². The smallest absolute Gasteiger partial charge is 0.374 e. The first-order chi connectivity index (χ1) is 10.5. The molecule has 2 rings (SSSR count). The standard InChI is InChI=1S/C16H23NO5/c1-4-21-15(18)12-6-5-7-17(9-12)10-13-8-11(2)14(22-13)16(19)20-3/h8,12H,4-7,9-10H2,1-3H3/t12-/m1/s1. The van der Waals surface area contributed by atoms with Gasteiger partial charge in [-0.05, 0) is 39.3 Å². The Morgan fingerprint density at radius 3 is 2.91 bits per heavy atom. The number of methoxy groups -OCH3 is 1. The molecular formula is C16H23NO5. The van der Waals surface area contributed by atoms with Gasteiger partial charge >= 0.3 is 11.9 Å². The molecule has 0 bridgehead atoms. The number of furan rings is 1. The largest absolute Gasteiger partial charge is 0.466 e. The molecule has 6 nitrogen and oxygen atoms in total. The molecule has 0 amide bonds. The summed E-state index contributed by atoms with van der Waals surface area (Å²) >= 11 is 0. The SMILES string of the molecule is CCOC(=O)[C@@H]1CCCN(Cc2cc(C)c(C(=O)OC)o2)C1. The predicted molar refractivity (Wildman–Crippen MR) is 79.4 cm³/mol. The highest BCUT2D eigenvalue weighted by atomic mass is 16.5. The number of aryl methyl sites for hydroxylation is 1. The van der Waals surface area contributed by atoms with Gasteiger partial charge in [-0.1, -0.05) is 0 Å². The molecule has 1 fully saturated rings. The van der Waals surface area contributed by atoms with Crippen LogP contribution in [0.25, 0.3) is 0 Å². The fourth-order valence-electron chi connectivity index (χ4n) is 2.79. The van der Waals surface area contributed by atoms with Crippen LogP contribution in [0.5, 0.6) is 0 Å². The number of esters is 2. The molecule has 1 saturated heterocycles. The zero-order valence-corrected chi connectivity index (χ0v) is 13.4. The van der Waals surface area contributed by atoms with Crippen molar-refractivity contribution in [3.05, 3.63) is 23.2 Å². The number of rotatable bonds is 5. The van der Waals surface area contributed by atoms with Crippen LogP contribution in [0.4, 0.5) is 0 Å². The van der Waals surface area contributed by atoms with E-state index in [1.807, 2.05) is 19.9 Å². The Morgan fingerprint density at radius 2 is 2.23 bits per heavy atom. The quantitative estimate of drug-likeness (QED) is 0.776. The fourth-order valence-corrected chi connectivity index (χ4v) is 2.79. The molecule has 0 aromatic carbocycles. The van der Waals surface area contributed by atoms with Crippen LogP contribution in [0.3, 0.4) is 0 Å². The highest BCUT2D eigenvalue weighted by molar-refractivity contribution is 5.87. The minimum Gasteiger partial charge on any atom is -0.466 e. The second-order valence-corrected chi connectivity index (χ2v) is 5.54. The van der Waals surface area contributed by atoms with Gasteiger partial charge in [-0.15, -0.1) is 0 Å². The average molecular weight is 309 g/mol. The van der Waals surface area contributed by atoms with Gasteiger partial charge in [-0.3, -0.25) is 9.69 Å². The maximum atomic E-state index is 11.8. The van der Waals surface area contributed by atoms with Gasteiger partial charge in [-0.2, -0.15) is 0 Å². The van der Waals surface area contributed by atoms with E-state index in [-0.39, 0.29) is 17.6 Å². The van der Waals surface area contributed by atoms with Crippen molar-refractivity contribution in [1.29, 1.82) is 0 Å². The van der Waals surface area contributed by atoms with E-state index in [0.717, 1.165) is 24.9 Å². The van der Waals surface area contributed by atoms with Crippen molar-refractivity contribution in [3.63, 3.8) is 0 Å². The molecule has 1 aliphatic heterocycles. The molecule has 2 heterocycles. The molecule has 1 atom stereocenters. The molecule has 6 heteroatoms. The first kappa shape index (κ1) is 16.5. The molecule has 0 radical (unpaired) electrons. The van der Waals surface area contributed by atoms with Gasteiger partial charge in [0.05, 0.1) is 26.2 Å². The first-order valence-electron chi connectivity index (χ1n) is 7.61. The van der Waals surface area contributed by atoms with Crippen molar-refractivity contribution in [2.75, 3.05) is 26.8 Å². The van der Waals surface area contributed by atoms with Gasteiger partial charge in [0.25, 0.3) is 0 Å². The Morgan fingerprint density at radius 1 is 1.45 bits per heavy atom. The van der Waals surface area contributed by atoms with E-state index in [4.69, 9.17) is 9.15 Å². The molecule has 1 aromatic rings. The number of hydrogen-bond donors (Lipinski definition) is 0. The van der Waals surface area contributed by atoms with Gasteiger partial charge < -0.3 is 13.9 Å². The molecule has 1 aromatic heterocycles. The van der Waals surface area contributed by atoms with Crippen LogP contribution in [0.15, 0.2) is 10.5 Å². The van der Waals surface area contributed by atoms with Crippen LogP contribution < -0.4 is 0 Å². The Balaban J connectivity index is 1.98. The van der Waals surface area contributed by atoms with Crippen LogP contribution in [-0.4, -0.2) is 43.6 Å². The summed E-state index contributed by atoms with van der Waals surface area (Å²) in [7, 11) is 1.33. The summed E-state index contributed by atoms with van der Waals surface area (Å²) in [5.74, 6) is 0.286. The van der Waals surface area contributed by atoms with Gasteiger partial charge in [0.15, 0.2) is 0 Å². The van der Waals surface area contributed by atoms with E-state index in [0.29, 0.717) is 25.5 Å². The van der Waals surface area contributed by atoms with Crippen LogP contribution in [0, 0.1) is 12.8 Å². The van der Waals surface area contributed by atoms with E-state index >= 15 is 0 Å². The summed E-state index contributed by atoms with van der Waals surface area (Å²) in [5.41, 5.74) is 0.765. The Hall–Kier alpha value is -1.82. The van der Waals surface area contributed by atoms with E-state index in [9.17, 15) is 9.59 Å². The summed E-state index contributed by atoms with van der Waals surface area (Å²) in [6.45, 7) is 6.19. The summed E-state index contributed by atoms with van der Waals surface area (Å²) < 4.78 is 15.4. The maximum absolute atomic E-state index is 11.8. The minimum absolute atomic E-state index is 0.0789. The summed E-state index contributed by atoms with van der Waals surface area (Å²) in [6.07, 6.45) is 1.81. The number of carbonyl (C=O) groups excluding carboxylic acids is 2. The Bertz CT molecular complexity index is 537. The summed E-state index contributed by atoms with van der Waals surface area (Å²) in [5, 5.41) is 0. The Labute approximate surface area is 130 Å². The third kappa shape index (κ3) is 3.88. The maximum Gasteiger partial charge on any atom is 0.374 e. The van der Waals surface area contributed by atoms with Crippen LogP contribution in [0.1, 0.15) is 41.6 Å². The highest BCUT2D eigenvalue weighted by Crippen LogP contribution is 2.22. The van der Waals surface area contributed by atoms with Crippen molar-refractivity contribution in [1.82, 2.24) is 4.90 Å². The molecule has 122 valence electrons. The Kier molecular flexibility index (Phi) is 5.60. The van der Waals surface area contributed by atoms with Crippen molar-refractivity contribution in [2.45, 2.75) is 33.2 Å². The normalized spacial score (nSPS) is 19.0. The molecule has 0 aliphatic carbocycles. The topological polar surface area (TPSA) is 69.0 Å². The van der Waals surface area contributed by atoms with Crippen molar-refractivity contribution >= 4 is 11.9 Å². The number of piperidine rings is 1. The summed E-state index contributed by atoms with van der Waals surface area (Å²) in [6, 6.07) is 1.85. The van der Waals surface area contributed by atoms with E-state index in [1.165, 1.54) is 7.11 Å². The highest BCUT2D eigenvalue weighted by Gasteiger charge is 2.27. The number of carbonyl (C=O) groups is 2. The fraction of sp³-hybridized carbons (Fsp3) is 0.625. The lowest BCUT2D eigenvalue weighted by Crippen LogP contribution is -2.38. The zero-order chi connectivity index (χ0) is 16.1. The molecule has 0 saturated carbocycles. The van der Waals surface area contributed by atoms with Gasteiger partial charge in [-0.25, -0.2) is 4.79 Å². The van der Waals surface area contributed by atoms with Gasteiger partial charge in [0.1, 0.15) is 5.76 Å². The molecule has 22 heavy (non-hydrogen) atoms. The monoisotopic (exact) mass is 309 g/mol. The molecule has 1 aliphatic rings. The first-order valence-corrected chi connectivity index (χ1v) is 7.61. The van der Waals surface area contributed by atoms with Crippen molar-refractivity contribution in [2.24, 2.45) is 5.92 Å². The van der Waals surface area contributed by atoms with Crippen LogP contribution in [-0.2, 0) is 20.8 Å². The summed E-state index contributed by atoms with van der Waals surface area (Å²) in [4.78, 5) is 25.6. The lowest BCUT2D eigenvalue weighted by Gasteiger charge is -2.30. The molecule has 0 unspecified atom stereocenters. The zero-order valence-electron chi connectivity index (χ0n) is 13.4. The second-order valence-electron chi connectivity index (χ2n) is 5.54. The number of likely N-dealkylation sites (tertiary alicyclic amines) is 1. The van der Waals surface area contributed by atoms with Crippen LogP contribution in [0.2, 0.25) is 0 Å². The van der Waals surface area contributed by atoms with E-state index < -0.39 is 5.97 Å². The lowest BCUT2D eigenvalue weighted by atomic mass is 9.98. The number of ether oxygens (including phenoxy) is 2.